The van der Waals surface area contributed by atoms with E-state index in [1.54, 1.807) is 19.4 Å². The van der Waals surface area contributed by atoms with Gasteiger partial charge in [0.2, 0.25) is 5.91 Å². The average Bonchev–Trinajstić information content (AvgIpc) is 3.22. The van der Waals surface area contributed by atoms with Gasteiger partial charge >= 0.3 is 0 Å². The molecule has 0 saturated heterocycles. The first-order chi connectivity index (χ1) is 12.8. The highest BCUT2D eigenvalue weighted by Gasteiger charge is 2.16. The van der Waals surface area contributed by atoms with Crippen LogP contribution in [0.3, 0.4) is 0 Å². The molecule has 1 amide bonds. The lowest BCUT2D eigenvalue weighted by molar-refractivity contribution is -0.120. The molecule has 2 heterocycles. The van der Waals surface area contributed by atoms with Crippen molar-refractivity contribution in [3.63, 3.8) is 0 Å². The second kappa shape index (κ2) is 8.89. The summed E-state index contributed by atoms with van der Waals surface area (Å²) in [4.78, 5) is 18.4. The second-order valence-electron chi connectivity index (χ2n) is 6.05. The molecule has 1 aromatic heterocycles. The molecular formula is C20H24N4O2. The number of guanidine groups is 1. The topological polar surface area (TPSA) is 69.9 Å². The first kappa shape index (κ1) is 17.8. The van der Waals surface area contributed by atoms with Gasteiger partial charge in [-0.1, -0.05) is 36.4 Å². The number of carbonyl (C=O) groups is 1. The second-order valence-corrected chi connectivity index (χ2v) is 6.05. The van der Waals surface area contributed by atoms with E-state index < -0.39 is 0 Å². The molecule has 1 aliphatic rings. The molecule has 0 aliphatic carbocycles. The predicted octanol–water partition coefficient (Wildman–Crippen LogP) is 2.26. The Labute approximate surface area is 153 Å². The van der Waals surface area contributed by atoms with E-state index >= 15 is 0 Å². The summed E-state index contributed by atoms with van der Waals surface area (Å²) in [6.07, 6.45) is 4.77. The van der Waals surface area contributed by atoms with E-state index in [-0.39, 0.29) is 12.5 Å². The summed E-state index contributed by atoms with van der Waals surface area (Å²) in [5, 5.41) is 5.94. The van der Waals surface area contributed by atoms with E-state index in [4.69, 9.17) is 4.42 Å². The normalized spacial score (nSPS) is 14.7. The highest BCUT2D eigenvalue weighted by molar-refractivity contribution is 5.87. The van der Waals surface area contributed by atoms with Crippen molar-refractivity contribution in [1.82, 2.24) is 15.5 Å². The number of hydrogen-bond donors (Lipinski definition) is 2. The molecule has 6 heteroatoms. The third kappa shape index (κ3) is 4.75. The third-order valence-corrected chi connectivity index (χ3v) is 4.31. The van der Waals surface area contributed by atoms with Crippen molar-refractivity contribution in [2.45, 2.75) is 13.0 Å². The average molecular weight is 352 g/mol. The molecule has 1 aromatic carbocycles. The molecule has 0 fully saturated rings. The van der Waals surface area contributed by atoms with Crippen LogP contribution in [-0.4, -0.2) is 43.4 Å². The molecule has 0 spiro atoms. The number of nitrogens with zero attached hydrogens (tertiary/aromatic N) is 2. The molecule has 0 bridgehead atoms. The summed E-state index contributed by atoms with van der Waals surface area (Å²) in [6, 6.07) is 14.1. The van der Waals surface area contributed by atoms with Gasteiger partial charge in [0.1, 0.15) is 5.76 Å². The van der Waals surface area contributed by atoms with Crippen LogP contribution in [-0.2, 0) is 11.3 Å². The smallest absolute Gasteiger partial charge is 0.239 e. The number of hydrogen-bond acceptors (Lipinski definition) is 3. The molecule has 0 saturated carbocycles. The summed E-state index contributed by atoms with van der Waals surface area (Å²) in [5.74, 6) is 1.37. The Morgan fingerprint density at radius 3 is 2.69 bits per heavy atom. The molecule has 26 heavy (non-hydrogen) atoms. The number of carbonyl (C=O) groups excluding carboxylic acids is 1. The standard InChI is InChI=1S/C20H24N4O2/c1-21-20(23-15-19(25)22-14-18-8-5-13-26-18)24-11-9-17(10-12-24)16-6-3-2-4-7-16/h2-9,13H,10-12,14-15H2,1H3,(H,21,23)(H,22,25). The minimum atomic E-state index is -0.0972. The van der Waals surface area contributed by atoms with Gasteiger partial charge in [-0.05, 0) is 29.7 Å². The maximum atomic E-state index is 12.0. The predicted molar refractivity (Wildman–Crippen MR) is 103 cm³/mol. The summed E-state index contributed by atoms with van der Waals surface area (Å²) in [5.41, 5.74) is 2.63. The van der Waals surface area contributed by atoms with Crippen LogP contribution in [0.5, 0.6) is 0 Å². The largest absolute Gasteiger partial charge is 0.467 e. The maximum Gasteiger partial charge on any atom is 0.239 e. The fraction of sp³-hybridized carbons (Fsp3) is 0.300. The molecule has 0 radical (unpaired) electrons. The van der Waals surface area contributed by atoms with Crippen LogP contribution in [0.1, 0.15) is 17.7 Å². The maximum absolute atomic E-state index is 12.0. The van der Waals surface area contributed by atoms with Gasteiger partial charge in [-0.15, -0.1) is 0 Å². The van der Waals surface area contributed by atoms with Gasteiger partial charge in [0.05, 0.1) is 19.4 Å². The van der Waals surface area contributed by atoms with Crippen molar-refractivity contribution in [2.24, 2.45) is 4.99 Å². The van der Waals surface area contributed by atoms with Crippen molar-refractivity contribution in [1.29, 1.82) is 0 Å². The lowest BCUT2D eigenvalue weighted by Gasteiger charge is -2.29. The summed E-state index contributed by atoms with van der Waals surface area (Å²) in [6.45, 7) is 2.21. The van der Waals surface area contributed by atoms with Gasteiger partial charge in [0.25, 0.3) is 0 Å². The van der Waals surface area contributed by atoms with Crippen LogP contribution in [0.15, 0.2) is 64.2 Å². The van der Waals surface area contributed by atoms with E-state index in [2.05, 4.69) is 50.9 Å². The van der Waals surface area contributed by atoms with Crippen LogP contribution >= 0.6 is 0 Å². The summed E-state index contributed by atoms with van der Waals surface area (Å²) in [7, 11) is 1.74. The SMILES string of the molecule is CN=C(NCC(=O)NCc1ccco1)N1CC=C(c2ccccc2)CC1. The molecule has 2 N–H and O–H groups in total. The van der Waals surface area contributed by atoms with Crippen LogP contribution in [0, 0.1) is 0 Å². The van der Waals surface area contributed by atoms with Crippen molar-refractivity contribution in [3.05, 3.63) is 66.1 Å². The minimum Gasteiger partial charge on any atom is -0.467 e. The summed E-state index contributed by atoms with van der Waals surface area (Å²) >= 11 is 0. The zero-order valence-corrected chi connectivity index (χ0v) is 14.9. The third-order valence-electron chi connectivity index (χ3n) is 4.31. The molecule has 136 valence electrons. The zero-order valence-electron chi connectivity index (χ0n) is 14.9. The number of nitrogens with one attached hydrogen (secondary N) is 2. The zero-order chi connectivity index (χ0) is 18.2. The fourth-order valence-electron chi connectivity index (χ4n) is 2.93. The van der Waals surface area contributed by atoms with Crippen molar-refractivity contribution >= 4 is 17.4 Å². The Hall–Kier alpha value is -3.02. The lowest BCUT2D eigenvalue weighted by atomic mass is 10.00. The summed E-state index contributed by atoms with van der Waals surface area (Å²) < 4.78 is 5.20. The molecular weight excluding hydrogens is 328 g/mol. The Morgan fingerprint density at radius 2 is 2.04 bits per heavy atom. The Kier molecular flexibility index (Phi) is 6.09. The van der Waals surface area contributed by atoms with Gasteiger partial charge in [-0.3, -0.25) is 9.79 Å². The molecule has 3 rings (SSSR count). The number of aliphatic imine (C=N–C) groups is 1. The van der Waals surface area contributed by atoms with E-state index in [0.717, 1.165) is 31.2 Å². The lowest BCUT2D eigenvalue weighted by Crippen LogP contribution is -2.46. The van der Waals surface area contributed by atoms with Gasteiger partial charge in [-0.2, -0.15) is 0 Å². The van der Waals surface area contributed by atoms with E-state index in [1.165, 1.54) is 11.1 Å². The van der Waals surface area contributed by atoms with E-state index in [0.29, 0.717) is 6.54 Å². The first-order valence-electron chi connectivity index (χ1n) is 8.75. The number of furan rings is 1. The minimum absolute atomic E-state index is 0.0972. The molecule has 6 nitrogen and oxygen atoms in total. The highest BCUT2D eigenvalue weighted by atomic mass is 16.3. The Balaban J connectivity index is 1.47. The van der Waals surface area contributed by atoms with Gasteiger partial charge in [-0.25, -0.2) is 0 Å². The van der Waals surface area contributed by atoms with Crippen molar-refractivity contribution < 1.29 is 9.21 Å². The van der Waals surface area contributed by atoms with E-state index in [1.807, 2.05) is 12.1 Å². The molecule has 0 unspecified atom stereocenters. The van der Waals surface area contributed by atoms with Crippen LogP contribution in [0.2, 0.25) is 0 Å². The number of amides is 1. The van der Waals surface area contributed by atoms with Crippen molar-refractivity contribution in [2.75, 3.05) is 26.7 Å². The van der Waals surface area contributed by atoms with Crippen LogP contribution < -0.4 is 10.6 Å². The Bertz CT molecular complexity index is 766. The quantitative estimate of drug-likeness (QED) is 0.640. The molecule has 0 atom stereocenters. The molecule has 1 aliphatic heterocycles. The highest BCUT2D eigenvalue weighted by Crippen LogP contribution is 2.21. The van der Waals surface area contributed by atoms with E-state index in [9.17, 15) is 4.79 Å². The first-order valence-corrected chi connectivity index (χ1v) is 8.75. The Morgan fingerprint density at radius 1 is 1.19 bits per heavy atom. The number of rotatable bonds is 5. The van der Waals surface area contributed by atoms with Gasteiger partial charge < -0.3 is 20.0 Å². The monoisotopic (exact) mass is 352 g/mol. The van der Waals surface area contributed by atoms with Crippen molar-refractivity contribution in [3.8, 4) is 0 Å². The van der Waals surface area contributed by atoms with Gasteiger partial charge in [0, 0.05) is 20.1 Å². The fourth-order valence-corrected chi connectivity index (χ4v) is 2.93. The van der Waals surface area contributed by atoms with Crippen LogP contribution in [0.25, 0.3) is 5.57 Å². The van der Waals surface area contributed by atoms with Crippen LogP contribution in [0.4, 0.5) is 0 Å². The number of benzene rings is 1. The van der Waals surface area contributed by atoms with Gasteiger partial charge in [0.15, 0.2) is 5.96 Å². The molecule has 2 aromatic rings.